The van der Waals surface area contributed by atoms with Gasteiger partial charge in [-0.25, -0.2) is 0 Å². The summed E-state index contributed by atoms with van der Waals surface area (Å²) in [4.78, 5) is 0. The zero-order valence-corrected chi connectivity index (χ0v) is 13.9. The van der Waals surface area contributed by atoms with Crippen LogP contribution in [-0.4, -0.2) is 6.54 Å². The van der Waals surface area contributed by atoms with Gasteiger partial charge in [0.2, 0.25) is 0 Å². The predicted molar refractivity (Wildman–Crippen MR) is 103 cm³/mol. The summed E-state index contributed by atoms with van der Waals surface area (Å²) in [6.45, 7) is 3.00. The average molecular weight is 311 g/mol. The largest absolute Gasteiger partial charge is 0.307 e. The van der Waals surface area contributed by atoms with Gasteiger partial charge in [-0.1, -0.05) is 78.6 Å². The molecule has 1 heteroatoms. The van der Waals surface area contributed by atoms with E-state index in [1.54, 1.807) is 0 Å². The second-order valence-electron chi connectivity index (χ2n) is 5.74. The zero-order valence-electron chi connectivity index (χ0n) is 13.9. The van der Waals surface area contributed by atoms with Gasteiger partial charge in [0.15, 0.2) is 0 Å². The first-order chi connectivity index (χ1) is 11.8. The molecule has 0 bridgehead atoms. The molecule has 0 radical (unpaired) electrons. The van der Waals surface area contributed by atoms with Crippen molar-refractivity contribution >= 4 is 10.8 Å². The van der Waals surface area contributed by atoms with Crippen LogP contribution < -0.4 is 5.32 Å². The van der Waals surface area contributed by atoms with Crippen molar-refractivity contribution in [2.45, 2.75) is 13.0 Å². The summed E-state index contributed by atoms with van der Waals surface area (Å²) in [6, 6.07) is 25.3. The molecule has 1 N–H and O–H groups in total. The number of fused-ring (bicyclic) bond motifs is 1. The molecular weight excluding hydrogens is 290 g/mol. The first kappa shape index (κ1) is 16.1. The summed E-state index contributed by atoms with van der Waals surface area (Å²) < 4.78 is 0. The molecule has 0 unspecified atom stereocenters. The Bertz CT molecular complexity index is 877. The number of allylic oxidation sites excluding steroid dienone is 1. The van der Waals surface area contributed by atoms with Gasteiger partial charge < -0.3 is 5.32 Å². The van der Waals surface area contributed by atoms with Crippen molar-refractivity contribution in [2.24, 2.45) is 0 Å². The third-order valence-corrected chi connectivity index (χ3v) is 4.02. The van der Waals surface area contributed by atoms with Crippen molar-refractivity contribution in [2.75, 3.05) is 6.54 Å². The Morgan fingerprint density at radius 2 is 1.67 bits per heavy atom. The van der Waals surface area contributed by atoms with E-state index in [4.69, 9.17) is 0 Å². The van der Waals surface area contributed by atoms with Gasteiger partial charge in [-0.15, -0.1) is 0 Å². The lowest BCUT2D eigenvalue weighted by atomic mass is 10.00. The van der Waals surface area contributed by atoms with E-state index in [1.807, 2.05) is 36.4 Å². The van der Waals surface area contributed by atoms with Gasteiger partial charge in [-0.2, -0.15) is 0 Å². The minimum Gasteiger partial charge on any atom is -0.307 e. The number of hydrogen-bond acceptors (Lipinski definition) is 1. The summed E-state index contributed by atoms with van der Waals surface area (Å²) in [6.07, 6.45) is 3.98. The van der Waals surface area contributed by atoms with Crippen LogP contribution in [0.2, 0.25) is 0 Å². The highest BCUT2D eigenvalue weighted by Crippen LogP contribution is 2.23. The van der Waals surface area contributed by atoms with E-state index in [-0.39, 0.29) is 0 Å². The maximum atomic E-state index is 3.54. The lowest BCUT2D eigenvalue weighted by Crippen LogP contribution is -2.18. The van der Waals surface area contributed by atoms with Gasteiger partial charge in [-0.05, 0) is 41.5 Å². The highest BCUT2D eigenvalue weighted by molar-refractivity contribution is 5.86. The van der Waals surface area contributed by atoms with Crippen molar-refractivity contribution < 1.29 is 0 Å². The van der Waals surface area contributed by atoms with E-state index in [1.165, 1.54) is 16.3 Å². The zero-order chi connectivity index (χ0) is 16.6. The summed E-state index contributed by atoms with van der Waals surface area (Å²) in [5.74, 6) is 6.20. The van der Waals surface area contributed by atoms with Gasteiger partial charge in [0.25, 0.3) is 0 Å². The highest BCUT2D eigenvalue weighted by atomic mass is 14.9. The number of rotatable bonds is 4. The SMILES string of the molecule is C[C@@H](NCC=CC#Cc1ccccc1)c1cccc2ccccc12. The molecule has 1 atom stereocenters. The van der Waals surface area contributed by atoms with E-state index < -0.39 is 0 Å². The van der Waals surface area contributed by atoms with Gasteiger partial charge in [0.1, 0.15) is 0 Å². The lowest BCUT2D eigenvalue weighted by molar-refractivity contribution is 0.621. The Balaban J connectivity index is 1.58. The van der Waals surface area contributed by atoms with E-state index in [2.05, 4.69) is 72.6 Å². The molecule has 0 aliphatic carbocycles. The van der Waals surface area contributed by atoms with Gasteiger partial charge in [-0.3, -0.25) is 0 Å². The molecule has 3 rings (SSSR count). The summed E-state index contributed by atoms with van der Waals surface area (Å²) >= 11 is 0. The van der Waals surface area contributed by atoms with E-state index in [0.717, 1.165) is 12.1 Å². The monoisotopic (exact) mass is 311 g/mol. The standard InChI is InChI=1S/C23H21N/c1-19(22-17-10-15-21-14-7-8-16-23(21)22)24-18-9-3-6-13-20-11-4-2-5-12-20/h2-5,7-12,14-17,19,24H,18H2,1H3/t19-/m1/s1. The summed E-state index contributed by atoms with van der Waals surface area (Å²) in [5, 5.41) is 6.13. The topological polar surface area (TPSA) is 12.0 Å². The summed E-state index contributed by atoms with van der Waals surface area (Å²) in [5.41, 5.74) is 2.37. The molecule has 0 saturated heterocycles. The summed E-state index contributed by atoms with van der Waals surface area (Å²) in [7, 11) is 0. The molecule has 24 heavy (non-hydrogen) atoms. The van der Waals surface area contributed by atoms with Crippen LogP contribution in [0.1, 0.15) is 24.1 Å². The molecule has 118 valence electrons. The first-order valence-corrected chi connectivity index (χ1v) is 8.27. The Morgan fingerprint density at radius 3 is 2.54 bits per heavy atom. The molecule has 0 fully saturated rings. The third-order valence-electron chi connectivity index (χ3n) is 4.02. The number of hydrogen-bond donors (Lipinski definition) is 1. The molecule has 3 aromatic rings. The van der Waals surface area contributed by atoms with Crippen molar-refractivity contribution in [1.29, 1.82) is 0 Å². The Labute approximate surface area is 144 Å². The lowest BCUT2D eigenvalue weighted by Gasteiger charge is -2.15. The van der Waals surface area contributed by atoms with E-state index >= 15 is 0 Å². The minimum absolute atomic E-state index is 0.294. The fourth-order valence-electron chi connectivity index (χ4n) is 2.75. The van der Waals surface area contributed by atoms with Gasteiger partial charge in [0.05, 0.1) is 0 Å². The van der Waals surface area contributed by atoms with Crippen molar-refractivity contribution in [3.05, 3.63) is 96.1 Å². The molecule has 0 saturated carbocycles. The van der Waals surface area contributed by atoms with E-state index in [0.29, 0.717) is 6.04 Å². The van der Waals surface area contributed by atoms with Crippen LogP contribution in [0.4, 0.5) is 0 Å². The van der Waals surface area contributed by atoms with Crippen LogP contribution in [0, 0.1) is 11.8 Å². The van der Waals surface area contributed by atoms with Gasteiger partial charge >= 0.3 is 0 Å². The second-order valence-corrected chi connectivity index (χ2v) is 5.74. The fourth-order valence-corrected chi connectivity index (χ4v) is 2.75. The number of benzene rings is 3. The van der Waals surface area contributed by atoms with Crippen molar-refractivity contribution in [3.63, 3.8) is 0 Å². The van der Waals surface area contributed by atoms with Crippen LogP contribution in [0.5, 0.6) is 0 Å². The average Bonchev–Trinajstić information content (AvgIpc) is 2.64. The Kier molecular flexibility index (Phi) is 5.45. The second kappa shape index (κ2) is 8.15. The Morgan fingerprint density at radius 1 is 0.917 bits per heavy atom. The molecule has 0 amide bonds. The van der Waals surface area contributed by atoms with Crippen LogP contribution in [0.3, 0.4) is 0 Å². The molecule has 0 aliphatic rings. The molecule has 3 aromatic carbocycles. The van der Waals surface area contributed by atoms with Gasteiger partial charge in [0, 0.05) is 18.2 Å². The van der Waals surface area contributed by atoms with Crippen LogP contribution in [0.15, 0.2) is 84.9 Å². The maximum absolute atomic E-state index is 3.54. The molecule has 0 aliphatic heterocycles. The van der Waals surface area contributed by atoms with Crippen LogP contribution in [0.25, 0.3) is 10.8 Å². The highest BCUT2D eigenvalue weighted by Gasteiger charge is 2.07. The smallest absolute Gasteiger partial charge is 0.0300 e. The van der Waals surface area contributed by atoms with E-state index in [9.17, 15) is 0 Å². The molecule has 0 heterocycles. The molecule has 0 spiro atoms. The molecule has 0 aromatic heterocycles. The van der Waals surface area contributed by atoms with Crippen molar-refractivity contribution in [1.82, 2.24) is 5.32 Å². The number of nitrogens with one attached hydrogen (secondary N) is 1. The predicted octanol–water partition coefficient (Wildman–Crippen LogP) is 5.10. The first-order valence-electron chi connectivity index (χ1n) is 8.27. The fraction of sp³-hybridized carbons (Fsp3) is 0.130. The quantitative estimate of drug-likeness (QED) is 0.661. The molecular formula is C23H21N. The van der Waals surface area contributed by atoms with Crippen LogP contribution >= 0.6 is 0 Å². The van der Waals surface area contributed by atoms with Crippen molar-refractivity contribution in [3.8, 4) is 11.8 Å². The Hall–Kier alpha value is -2.82. The third kappa shape index (κ3) is 4.13. The minimum atomic E-state index is 0.294. The van der Waals surface area contributed by atoms with Crippen LogP contribution in [-0.2, 0) is 0 Å². The maximum Gasteiger partial charge on any atom is 0.0300 e. The normalized spacial score (nSPS) is 12.0. The molecule has 1 nitrogen and oxygen atoms in total.